The van der Waals surface area contributed by atoms with E-state index in [1.54, 1.807) is 28.9 Å². The molecule has 1 aliphatic heterocycles. The van der Waals surface area contributed by atoms with Gasteiger partial charge in [0.25, 0.3) is 5.91 Å². The summed E-state index contributed by atoms with van der Waals surface area (Å²) in [5.41, 5.74) is 3.04. The summed E-state index contributed by atoms with van der Waals surface area (Å²) in [4.78, 5) is 26.5. The number of nitrogens with zero attached hydrogens (tertiary/aromatic N) is 3. The van der Waals surface area contributed by atoms with Crippen molar-refractivity contribution in [2.45, 2.75) is 31.6 Å². The van der Waals surface area contributed by atoms with E-state index >= 15 is 0 Å². The Bertz CT molecular complexity index is 1100. The normalized spacial score (nSPS) is 16.5. The van der Waals surface area contributed by atoms with Gasteiger partial charge in [-0.1, -0.05) is 37.1 Å². The summed E-state index contributed by atoms with van der Waals surface area (Å²) in [5.74, 6) is 0.832. The van der Waals surface area contributed by atoms with Gasteiger partial charge >= 0.3 is 6.09 Å². The standard InChI is InChI=1S/C24H24N4O3/c29-23(18-9-6-12-20(15-18)27-13-14-31-24(27)30)25-22-16-21(17-7-4-5-8-17)26-28(22)19-10-2-1-3-11-19/h1-3,6,9-12,15-17H,4-5,7-8,13-14H2,(H,25,29). The highest BCUT2D eigenvalue weighted by molar-refractivity contribution is 6.05. The molecule has 1 aliphatic carbocycles. The number of aromatic nitrogens is 2. The van der Waals surface area contributed by atoms with Crippen molar-refractivity contribution < 1.29 is 14.3 Å². The third kappa shape index (κ3) is 3.91. The SMILES string of the molecule is O=C(Nc1cc(C2CCCC2)nn1-c1ccccc1)c1cccc(N2CCOC2=O)c1. The van der Waals surface area contributed by atoms with Crippen LogP contribution < -0.4 is 10.2 Å². The van der Waals surface area contributed by atoms with Crippen LogP contribution in [0, 0.1) is 0 Å². The molecule has 0 unspecified atom stereocenters. The highest BCUT2D eigenvalue weighted by Crippen LogP contribution is 2.35. The van der Waals surface area contributed by atoms with E-state index < -0.39 is 0 Å². The molecule has 1 N–H and O–H groups in total. The van der Waals surface area contributed by atoms with Crippen LogP contribution in [-0.4, -0.2) is 34.9 Å². The number of hydrogen-bond donors (Lipinski definition) is 1. The lowest BCUT2D eigenvalue weighted by atomic mass is 10.0. The van der Waals surface area contributed by atoms with Gasteiger partial charge in [0.1, 0.15) is 12.4 Å². The third-order valence-corrected chi connectivity index (χ3v) is 5.92. The summed E-state index contributed by atoms with van der Waals surface area (Å²) < 4.78 is 6.81. The number of para-hydroxylation sites is 1. The summed E-state index contributed by atoms with van der Waals surface area (Å²) in [7, 11) is 0. The van der Waals surface area contributed by atoms with E-state index in [0.717, 1.165) is 24.2 Å². The fourth-order valence-corrected chi connectivity index (χ4v) is 4.31. The lowest BCUT2D eigenvalue weighted by Crippen LogP contribution is -2.24. The molecular weight excluding hydrogens is 392 g/mol. The van der Waals surface area contributed by atoms with Crippen LogP contribution in [0.1, 0.15) is 47.7 Å². The van der Waals surface area contributed by atoms with Gasteiger partial charge in [-0.15, -0.1) is 0 Å². The van der Waals surface area contributed by atoms with Gasteiger partial charge in [-0.3, -0.25) is 9.69 Å². The molecule has 1 saturated heterocycles. The summed E-state index contributed by atoms with van der Waals surface area (Å²) >= 11 is 0. The summed E-state index contributed by atoms with van der Waals surface area (Å²) in [5, 5.41) is 7.86. The van der Waals surface area contributed by atoms with Crippen molar-refractivity contribution in [2.75, 3.05) is 23.4 Å². The maximum atomic E-state index is 13.1. The third-order valence-electron chi connectivity index (χ3n) is 5.92. The van der Waals surface area contributed by atoms with Crippen molar-refractivity contribution in [1.82, 2.24) is 9.78 Å². The van der Waals surface area contributed by atoms with Crippen LogP contribution in [0.4, 0.5) is 16.3 Å². The fraction of sp³-hybridized carbons (Fsp3) is 0.292. The molecule has 158 valence electrons. The molecule has 2 aromatic carbocycles. The van der Waals surface area contributed by atoms with Crippen molar-refractivity contribution in [3.05, 3.63) is 71.9 Å². The molecule has 0 spiro atoms. The Kier molecular flexibility index (Phi) is 5.16. The number of ether oxygens (including phenoxy) is 1. The Morgan fingerprint density at radius 1 is 1.00 bits per heavy atom. The highest BCUT2D eigenvalue weighted by atomic mass is 16.6. The second-order valence-corrected chi connectivity index (χ2v) is 7.95. The monoisotopic (exact) mass is 416 g/mol. The molecule has 7 heteroatoms. The lowest BCUT2D eigenvalue weighted by molar-refractivity contribution is 0.102. The average molecular weight is 416 g/mol. The van der Waals surface area contributed by atoms with Gasteiger partial charge in [-0.2, -0.15) is 5.10 Å². The van der Waals surface area contributed by atoms with E-state index in [2.05, 4.69) is 5.32 Å². The van der Waals surface area contributed by atoms with Crippen LogP contribution in [0.25, 0.3) is 5.69 Å². The van der Waals surface area contributed by atoms with E-state index in [9.17, 15) is 9.59 Å². The van der Waals surface area contributed by atoms with Crippen LogP contribution in [0.15, 0.2) is 60.7 Å². The molecule has 0 radical (unpaired) electrons. The number of hydrogen-bond acceptors (Lipinski definition) is 4. The number of anilines is 2. The molecular formula is C24H24N4O3. The van der Waals surface area contributed by atoms with Crippen LogP contribution >= 0.6 is 0 Å². The number of rotatable bonds is 5. The first-order valence-corrected chi connectivity index (χ1v) is 10.7. The van der Waals surface area contributed by atoms with E-state index in [0.29, 0.717) is 36.1 Å². The second-order valence-electron chi connectivity index (χ2n) is 7.95. The van der Waals surface area contributed by atoms with Gasteiger partial charge in [0.05, 0.1) is 17.9 Å². The Morgan fingerprint density at radius 3 is 2.52 bits per heavy atom. The minimum absolute atomic E-state index is 0.246. The molecule has 2 fully saturated rings. The molecule has 31 heavy (non-hydrogen) atoms. The van der Waals surface area contributed by atoms with E-state index in [-0.39, 0.29) is 12.0 Å². The smallest absolute Gasteiger partial charge is 0.414 e. The van der Waals surface area contributed by atoms with Gasteiger partial charge in [0, 0.05) is 23.2 Å². The number of carbonyl (C=O) groups is 2. The predicted octanol–water partition coefficient (Wildman–Crippen LogP) is 4.74. The number of amides is 2. The first-order chi connectivity index (χ1) is 15.2. The minimum Gasteiger partial charge on any atom is -0.447 e. The van der Waals surface area contributed by atoms with Gasteiger partial charge in [-0.05, 0) is 43.2 Å². The average Bonchev–Trinajstić information content (AvgIpc) is 3.55. The molecule has 5 rings (SSSR count). The van der Waals surface area contributed by atoms with Crippen molar-refractivity contribution in [1.29, 1.82) is 0 Å². The van der Waals surface area contributed by atoms with E-state index in [4.69, 9.17) is 9.84 Å². The predicted molar refractivity (Wildman–Crippen MR) is 118 cm³/mol. The van der Waals surface area contributed by atoms with Crippen LogP contribution in [-0.2, 0) is 4.74 Å². The molecule has 3 aromatic rings. The maximum absolute atomic E-state index is 13.1. The topological polar surface area (TPSA) is 76.5 Å². The Morgan fingerprint density at radius 2 is 1.77 bits per heavy atom. The molecule has 2 amide bonds. The zero-order valence-electron chi connectivity index (χ0n) is 17.2. The quantitative estimate of drug-likeness (QED) is 0.652. The van der Waals surface area contributed by atoms with Crippen molar-refractivity contribution in [2.24, 2.45) is 0 Å². The number of carbonyl (C=O) groups excluding carboxylic acids is 2. The van der Waals surface area contributed by atoms with Crippen LogP contribution in [0.3, 0.4) is 0 Å². The van der Waals surface area contributed by atoms with Gasteiger partial charge < -0.3 is 10.1 Å². The van der Waals surface area contributed by atoms with E-state index in [1.807, 2.05) is 36.4 Å². The van der Waals surface area contributed by atoms with Gasteiger partial charge in [0.15, 0.2) is 0 Å². The molecule has 2 aliphatic rings. The second kappa shape index (κ2) is 8.26. The van der Waals surface area contributed by atoms with Crippen LogP contribution in [0.2, 0.25) is 0 Å². The molecule has 7 nitrogen and oxygen atoms in total. The number of benzene rings is 2. The van der Waals surface area contributed by atoms with Gasteiger partial charge in [-0.25, -0.2) is 9.48 Å². The molecule has 0 atom stereocenters. The number of nitrogens with one attached hydrogen (secondary N) is 1. The fourth-order valence-electron chi connectivity index (χ4n) is 4.31. The van der Waals surface area contributed by atoms with Crippen molar-refractivity contribution >= 4 is 23.5 Å². The van der Waals surface area contributed by atoms with Crippen LogP contribution in [0.5, 0.6) is 0 Å². The summed E-state index contributed by atoms with van der Waals surface area (Å²) in [6, 6.07) is 18.8. The largest absolute Gasteiger partial charge is 0.447 e. The summed E-state index contributed by atoms with van der Waals surface area (Å²) in [6.07, 6.45) is 4.31. The Labute approximate surface area is 180 Å². The van der Waals surface area contributed by atoms with E-state index in [1.165, 1.54) is 17.7 Å². The number of cyclic esters (lactones) is 1. The maximum Gasteiger partial charge on any atom is 0.414 e. The zero-order valence-corrected chi connectivity index (χ0v) is 17.2. The summed E-state index contributed by atoms with van der Waals surface area (Å²) in [6.45, 7) is 0.838. The first-order valence-electron chi connectivity index (χ1n) is 10.7. The lowest BCUT2D eigenvalue weighted by Gasteiger charge is -2.14. The highest BCUT2D eigenvalue weighted by Gasteiger charge is 2.25. The first kappa shape index (κ1) is 19.4. The van der Waals surface area contributed by atoms with Gasteiger partial charge in [0.2, 0.25) is 0 Å². The van der Waals surface area contributed by atoms with Crippen molar-refractivity contribution in [3.8, 4) is 5.69 Å². The Hall–Kier alpha value is -3.61. The zero-order chi connectivity index (χ0) is 21.2. The van der Waals surface area contributed by atoms with Crippen molar-refractivity contribution in [3.63, 3.8) is 0 Å². The molecule has 1 aromatic heterocycles. The molecule has 2 heterocycles. The molecule has 1 saturated carbocycles. The minimum atomic E-state index is -0.388. The Balaban J connectivity index is 1.44. The molecule has 0 bridgehead atoms.